The van der Waals surface area contributed by atoms with Crippen molar-refractivity contribution in [1.82, 2.24) is 5.32 Å². The van der Waals surface area contributed by atoms with E-state index in [-0.39, 0.29) is 17.0 Å². The van der Waals surface area contributed by atoms with E-state index >= 15 is 0 Å². The Morgan fingerprint density at radius 2 is 2.17 bits per heavy atom. The molecular formula is C10H10N2O6. The molecule has 1 amide bonds. The van der Waals surface area contributed by atoms with E-state index in [1.807, 2.05) is 0 Å². The molecule has 0 aliphatic heterocycles. The van der Waals surface area contributed by atoms with Crippen LogP contribution in [0.15, 0.2) is 18.2 Å². The minimum absolute atomic E-state index is 0.0899. The van der Waals surface area contributed by atoms with Crippen LogP contribution in [0.5, 0.6) is 5.75 Å². The van der Waals surface area contributed by atoms with E-state index in [4.69, 9.17) is 9.84 Å². The van der Waals surface area contributed by atoms with Gasteiger partial charge in [0.15, 0.2) is 0 Å². The Morgan fingerprint density at radius 1 is 1.50 bits per heavy atom. The summed E-state index contributed by atoms with van der Waals surface area (Å²) in [4.78, 5) is 32.0. The van der Waals surface area contributed by atoms with Crippen LogP contribution in [-0.4, -0.2) is 35.6 Å². The second-order valence-corrected chi connectivity index (χ2v) is 3.19. The highest BCUT2D eigenvalue weighted by Gasteiger charge is 2.22. The molecule has 1 rings (SSSR count). The molecule has 2 N–H and O–H groups in total. The van der Waals surface area contributed by atoms with Crippen molar-refractivity contribution in [2.24, 2.45) is 0 Å². The van der Waals surface area contributed by atoms with Crippen molar-refractivity contribution in [1.29, 1.82) is 0 Å². The molecule has 0 unspecified atom stereocenters. The molecule has 0 fully saturated rings. The largest absolute Gasteiger partial charge is 0.490 e. The molecule has 0 spiro atoms. The smallest absolute Gasteiger partial charge is 0.322 e. The number of nitro benzene ring substituents is 1. The summed E-state index contributed by atoms with van der Waals surface area (Å²) in [5.41, 5.74) is -0.451. The number of carbonyl (C=O) groups is 2. The highest BCUT2D eigenvalue weighted by molar-refractivity contribution is 5.99. The molecule has 8 heteroatoms. The van der Waals surface area contributed by atoms with E-state index in [2.05, 4.69) is 5.32 Å². The SMILES string of the molecule is COc1c(C(=O)NCC(=O)O)cccc1[N+](=O)[O-]. The number of amides is 1. The lowest BCUT2D eigenvalue weighted by molar-refractivity contribution is -0.385. The van der Waals surface area contributed by atoms with Gasteiger partial charge in [-0.1, -0.05) is 6.07 Å². The van der Waals surface area contributed by atoms with Gasteiger partial charge in [-0.15, -0.1) is 0 Å². The van der Waals surface area contributed by atoms with Gasteiger partial charge < -0.3 is 15.2 Å². The van der Waals surface area contributed by atoms with Gasteiger partial charge in [0.05, 0.1) is 17.6 Å². The third kappa shape index (κ3) is 2.94. The Balaban J connectivity index is 3.08. The van der Waals surface area contributed by atoms with Crippen LogP contribution >= 0.6 is 0 Å². The molecule has 0 aliphatic rings. The number of hydrogen-bond acceptors (Lipinski definition) is 5. The van der Waals surface area contributed by atoms with Gasteiger partial charge in [-0.05, 0) is 6.07 Å². The van der Waals surface area contributed by atoms with Crippen molar-refractivity contribution in [3.63, 3.8) is 0 Å². The molecule has 0 atom stereocenters. The second-order valence-electron chi connectivity index (χ2n) is 3.19. The Kier molecular flexibility index (Phi) is 4.19. The maximum Gasteiger partial charge on any atom is 0.322 e. The zero-order chi connectivity index (χ0) is 13.7. The van der Waals surface area contributed by atoms with Gasteiger partial charge in [0.2, 0.25) is 5.75 Å². The summed E-state index contributed by atoms with van der Waals surface area (Å²) >= 11 is 0. The lowest BCUT2D eigenvalue weighted by Gasteiger charge is -2.08. The topological polar surface area (TPSA) is 119 Å². The molecule has 0 aromatic heterocycles. The van der Waals surface area contributed by atoms with Crippen LogP contribution in [0.2, 0.25) is 0 Å². The van der Waals surface area contributed by atoms with Crippen LogP contribution < -0.4 is 10.1 Å². The molecule has 18 heavy (non-hydrogen) atoms. The normalized spacial score (nSPS) is 9.61. The van der Waals surface area contributed by atoms with Crippen LogP contribution in [0.4, 0.5) is 5.69 Å². The lowest BCUT2D eigenvalue weighted by Crippen LogP contribution is -2.29. The van der Waals surface area contributed by atoms with Crippen molar-refractivity contribution in [2.75, 3.05) is 13.7 Å². The maximum absolute atomic E-state index is 11.6. The fraction of sp³-hybridized carbons (Fsp3) is 0.200. The first-order valence-corrected chi connectivity index (χ1v) is 4.78. The number of para-hydroxylation sites is 1. The van der Waals surface area contributed by atoms with Gasteiger partial charge in [0.1, 0.15) is 6.54 Å². The van der Waals surface area contributed by atoms with Gasteiger partial charge in [-0.3, -0.25) is 19.7 Å². The summed E-state index contributed by atoms with van der Waals surface area (Å²) < 4.78 is 4.82. The molecular weight excluding hydrogens is 244 g/mol. The summed E-state index contributed by atoms with van der Waals surface area (Å²) in [7, 11) is 1.19. The Morgan fingerprint density at radius 3 is 2.67 bits per heavy atom. The summed E-state index contributed by atoms with van der Waals surface area (Å²) in [5.74, 6) is -2.17. The number of nitro groups is 1. The third-order valence-electron chi connectivity index (χ3n) is 2.04. The lowest BCUT2D eigenvalue weighted by atomic mass is 10.1. The highest BCUT2D eigenvalue weighted by Crippen LogP contribution is 2.30. The number of nitrogens with one attached hydrogen (secondary N) is 1. The number of carboxylic acids is 1. The summed E-state index contributed by atoms with van der Waals surface area (Å²) in [6.07, 6.45) is 0. The van der Waals surface area contributed by atoms with E-state index < -0.39 is 23.3 Å². The number of hydrogen-bond donors (Lipinski definition) is 2. The van der Waals surface area contributed by atoms with E-state index in [1.165, 1.54) is 25.3 Å². The van der Waals surface area contributed by atoms with Gasteiger partial charge in [0, 0.05) is 6.07 Å². The molecule has 0 heterocycles. The molecule has 0 radical (unpaired) electrons. The summed E-state index contributed by atoms with van der Waals surface area (Å²) in [6.45, 7) is -0.579. The third-order valence-corrected chi connectivity index (χ3v) is 2.04. The quantitative estimate of drug-likeness (QED) is 0.580. The predicted octanol–water partition coefficient (Wildman–Crippen LogP) is 0.418. The van der Waals surface area contributed by atoms with Crippen LogP contribution in [0.25, 0.3) is 0 Å². The minimum atomic E-state index is -1.22. The van der Waals surface area contributed by atoms with Crippen LogP contribution in [0.1, 0.15) is 10.4 Å². The fourth-order valence-electron chi connectivity index (χ4n) is 1.31. The van der Waals surface area contributed by atoms with Crippen LogP contribution in [0.3, 0.4) is 0 Å². The number of rotatable bonds is 5. The number of methoxy groups -OCH3 is 1. The zero-order valence-electron chi connectivity index (χ0n) is 9.37. The molecule has 8 nitrogen and oxygen atoms in total. The predicted molar refractivity (Wildman–Crippen MR) is 59.6 cm³/mol. The fourth-order valence-corrected chi connectivity index (χ4v) is 1.31. The first-order chi connectivity index (χ1) is 8.47. The average Bonchev–Trinajstić information content (AvgIpc) is 2.34. The van der Waals surface area contributed by atoms with Crippen molar-refractivity contribution in [3.05, 3.63) is 33.9 Å². The van der Waals surface area contributed by atoms with Crippen molar-refractivity contribution >= 4 is 17.6 Å². The van der Waals surface area contributed by atoms with Crippen molar-refractivity contribution < 1.29 is 24.4 Å². The maximum atomic E-state index is 11.6. The summed E-state index contributed by atoms with van der Waals surface area (Å²) in [5, 5.41) is 21.2. The standard InChI is InChI=1S/C10H10N2O6/c1-18-9-6(10(15)11-5-8(13)14)3-2-4-7(9)12(16)17/h2-4H,5H2,1H3,(H,11,15)(H,13,14). The number of carboxylic acid groups (broad SMARTS) is 1. The molecule has 0 bridgehead atoms. The number of nitrogens with zero attached hydrogens (tertiary/aromatic N) is 1. The molecule has 0 saturated heterocycles. The monoisotopic (exact) mass is 254 g/mol. The number of ether oxygens (including phenoxy) is 1. The molecule has 1 aromatic rings. The summed E-state index contributed by atoms with van der Waals surface area (Å²) in [6, 6.07) is 3.81. The Hall–Kier alpha value is -2.64. The molecule has 1 aromatic carbocycles. The van der Waals surface area contributed by atoms with Gasteiger partial charge >= 0.3 is 11.7 Å². The number of carbonyl (C=O) groups excluding carboxylic acids is 1. The van der Waals surface area contributed by atoms with E-state index in [9.17, 15) is 19.7 Å². The molecule has 96 valence electrons. The van der Waals surface area contributed by atoms with Gasteiger partial charge in [-0.25, -0.2) is 0 Å². The zero-order valence-corrected chi connectivity index (χ0v) is 9.37. The molecule has 0 aliphatic carbocycles. The van der Waals surface area contributed by atoms with E-state index in [0.717, 1.165) is 0 Å². The van der Waals surface area contributed by atoms with Gasteiger partial charge in [-0.2, -0.15) is 0 Å². The highest BCUT2D eigenvalue weighted by atomic mass is 16.6. The minimum Gasteiger partial charge on any atom is -0.490 e. The number of benzene rings is 1. The van der Waals surface area contributed by atoms with Crippen LogP contribution in [-0.2, 0) is 4.79 Å². The van der Waals surface area contributed by atoms with Crippen molar-refractivity contribution in [2.45, 2.75) is 0 Å². The average molecular weight is 254 g/mol. The second kappa shape index (κ2) is 5.62. The number of aliphatic carboxylic acids is 1. The Bertz CT molecular complexity index is 499. The van der Waals surface area contributed by atoms with Crippen LogP contribution in [0, 0.1) is 10.1 Å². The van der Waals surface area contributed by atoms with Crippen molar-refractivity contribution in [3.8, 4) is 5.75 Å². The van der Waals surface area contributed by atoms with E-state index in [0.29, 0.717) is 0 Å². The van der Waals surface area contributed by atoms with Gasteiger partial charge in [0.25, 0.3) is 5.91 Å². The first-order valence-electron chi connectivity index (χ1n) is 4.78. The Labute approximate surface area is 101 Å². The first kappa shape index (κ1) is 13.4. The van der Waals surface area contributed by atoms with E-state index in [1.54, 1.807) is 0 Å². The molecule has 0 saturated carbocycles.